The van der Waals surface area contributed by atoms with Crippen LogP contribution in [0.2, 0.25) is 0 Å². The molecular formula is C16H23NO2. The number of fused-ring (bicyclic) bond motifs is 1. The minimum atomic E-state index is 0.193. The van der Waals surface area contributed by atoms with Crippen molar-refractivity contribution in [3.8, 4) is 5.75 Å². The smallest absolute Gasteiger partial charge is 0.129 e. The first-order valence-corrected chi connectivity index (χ1v) is 6.94. The van der Waals surface area contributed by atoms with E-state index in [4.69, 9.17) is 9.47 Å². The van der Waals surface area contributed by atoms with E-state index in [1.165, 1.54) is 10.9 Å². The van der Waals surface area contributed by atoms with Gasteiger partial charge in [0.15, 0.2) is 0 Å². The topological polar surface area (TPSA) is 23.4 Å². The number of benzene rings is 1. The molecule has 2 rings (SSSR count). The Morgan fingerprint density at radius 2 is 1.84 bits per heavy atom. The van der Waals surface area contributed by atoms with Gasteiger partial charge in [0.1, 0.15) is 5.75 Å². The molecule has 104 valence electrons. The molecule has 0 unspecified atom stereocenters. The fraction of sp³-hybridized carbons (Fsp3) is 0.500. The zero-order valence-electron chi connectivity index (χ0n) is 12.2. The molecule has 0 N–H and O–H groups in total. The molecule has 1 aromatic heterocycles. The highest BCUT2D eigenvalue weighted by Gasteiger charge is 2.07. The van der Waals surface area contributed by atoms with Crippen LogP contribution >= 0.6 is 0 Å². The molecule has 0 aliphatic carbocycles. The maximum atomic E-state index is 5.84. The van der Waals surface area contributed by atoms with Gasteiger partial charge in [-0.2, -0.15) is 0 Å². The summed E-state index contributed by atoms with van der Waals surface area (Å²) in [6, 6.07) is 8.30. The third-order valence-corrected chi connectivity index (χ3v) is 2.92. The molecule has 0 bridgehead atoms. The molecule has 0 amide bonds. The Morgan fingerprint density at radius 3 is 2.53 bits per heavy atom. The molecule has 19 heavy (non-hydrogen) atoms. The van der Waals surface area contributed by atoms with Crippen LogP contribution in [0.1, 0.15) is 27.7 Å². The van der Waals surface area contributed by atoms with Gasteiger partial charge in [0.05, 0.1) is 24.3 Å². The minimum Gasteiger partial charge on any atom is -0.490 e. The lowest BCUT2D eigenvalue weighted by atomic mass is 10.2. The molecule has 0 spiro atoms. The van der Waals surface area contributed by atoms with Crippen LogP contribution in [-0.4, -0.2) is 23.4 Å². The van der Waals surface area contributed by atoms with Gasteiger partial charge in [-0.1, -0.05) is 6.07 Å². The zero-order valence-corrected chi connectivity index (χ0v) is 12.2. The monoisotopic (exact) mass is 261 g/mol. The molecule has 0 saturated carbocycles. The summed E-state index contributed by atoms with van der Waals surface area (Å²) < 4.78 is 13.7. The quantitative estimate of drug-likeness (QED) is 0.788. The normalized spacial score (nSPS) is 11.7. The van der Waals surface area contributed by atoms with Gasteiger partial charge in [0.25, 0.3) is 0 Å². The first-order chi connectivity index (χ1) is 9.08. The second-order valence-electron chi connectivity index (χ2n) is 5.28. The van der Waals surface area contributed by atoms with E-state index < -0.39 is 0 Å². The average molecular weight is 261 g/mol. The highest BCUT2D eigenvalue weighted by molar-refractivity contribution is 5.86. The molecule has 0 fully saturated rings. The maximum Gasteiger partial charge on any atom is 0.129 e. The van der Waals surface area contributed by atoms with Crippen molar-refractivity contribution >= 4 is 10.9 Å². The van der Waals surface area contributed by atoms with Gasteiger partial charge in [-0.15, -0.1) is 0 Å². The molecule has 0 radical (unpaired) electrons. The van der Waals surface area contributed by atoms with Crippen LogP contribution in [0.4, 0.5) is 0 Å². The Morgan fingerprint density at radius 1 is 1.05 bits per heavy atom. The molecule has 0 atom stereocenters. The van der Waals surface area contributed by atoms with Crippen molar-refractivity contribution in [1.82, 2.24) is 4.57 Å². The molecule has 3 nitrogen and oxygen atoms in total. The second kappa shape index (κ2) is 6.11. The number of ether oxygens (including phenoxy) is 2. The second-order valence-corrected chi connectivity index (χ2v) is 5.28. The van der Waals surface area contributed by atoms with E-state index in [1.54, 1.807) is 0 Å². The molecule has 2 aromatic rings. The molecule has 3 heteroatoms. The van der Waals surface area contributed by atoms with Crippen LogP contribution in [0.15, 0.2) is 30.5 Å². The first-order valence-electron chi connectivity index (χ1n) is 6.94. The average Bonchev–Trinajstić information content (AvgIpc) is 2.73. The Kier molecular flexibility index (Phi) is 4.48. The number of aromatic nitrogens is 1. The number of rotatable bonds is 6. The van der Waals surface area contributed by atoms with Crippen molar-refractivity contribution in [3.05, 3.63) is 30.5 Å². The van der Waals surface area contributed by atoms with Crippen molar-refractivity contribution in [1.29, 1.82) is 0 Å². The number of hydrogen-bond donors (Lipinski definition) is 0. The van der Waals surface area contributed by atoms with Crippen LogP contribution in [-0.2, 0) is 11.3 Å². The Labute approximate surface area is 115 Å². The zero-order chi connectivity index (χ0) is 13.8. The first kappa shape index (κ1) is 13.9. The van der Waals surface area contributed by atoms with Crippen molar-refractivity contribution in [2.75, 3.05) is 6.61 Å². The molecule has 0 aliphatic rings. The third kappa shape index (κ3) is 3.51. The molecule has 1 aromatic carbocycles. The lowest BCUT2D eigenvalue weighted by molar-refractivity contribution is 0.0733. The molecule has 1 heterocycles. The minimum absolute atomic E-state index is 0.193. The number of nitrogens with zero attached hydrogens (tertiary/aromatic N) is 1. The third-order valence-electron chi connectivity index (χ3n) is 2.92. The van der Waals surface area contributed by atoms with E-state index >= 15 is 0 Å². The van der Waals surface area contributed by atoms with E-state index in [2.05, 4.69) is 36.7 Å². The van der Waals surface area contributed by atoms with Crippen LogP contribution in [0.3, 0.4) is 0 Å². The predicted octanol–water partition coefficient (Wildman–Crippen LogP) is 3.85. The van der Waals surface area contributed by atoms with Crippen molar-refractivity contribution in [2.45, 2.75) is 46.4 Å². The summed E-state index contributed by atoms with van der Waals surface area (Å²) in [4.78, 5) is 0. The van der Waals surface area contributed by atoms with Gasteiger partial charge >= 0.3 is 0 Å². The van der Waals surface area contributed by atoms with E-state index in [-0.39, 0.29) is 12.2 Å². The Balaban J connectivity index is 2.18. The van der Waals surface area contributed by atoms with Crippen molar-refractivity contribution in [2.24, 2.45) is 0 Å². The number of hydrogen-bond acceptors (Lipinski definition) is 2. The van der Waals surface area contributed by atoms with Crippen LogP contribution in [0, 0.1) is 0 Å². The highest BCUT2D eigenvalue weighted by atomic mass is 16.5. The summed E-state index contributed by atoms with van der Waals surface area (Å²) in [5.41, 5.74) is 1.20. The standard InChI is InChI=1S/C16H23NO2/c1-12(2)18-11-10-17-9-8-14-15(17)6-5-7-16(14)19-13(3)4/h5-9,12-13H,10-11H2,1-4H3. The van der Waals surface area contributed by atoms with E-state index in [1.807, 2.05) is 26.0 Å². The van der Waals surface area contributed by atoms with E-state index in [0.29, 0.717) is 0 Å². The van der Waals surface area contributed by atoms with Gasteiger partial charge < -0.3 is 14.0 Å². The van der Waals surface area contributed by atoms with Crippen molar-refractivity contribution < 1.29 is 9.47 Å². The summed E-state index contributed by atoms with van der Waals surface area (Å²) in [7, 11) is 0. The summed E-state index contributed by atoms with van der Waals surface area (Å²) in [5, 5.41) is 1.17. The van der Waals surface area contributed by atoms with Crippen LogP contribution in [0.5, 0.6) is 5.75 Å². The van der Waals surface area contributed by atoms with Gasteiger partial charge in [-0.3, -0.25) is 0 Å². The molecular weight excluding hydrogens is 238 g/mol. The summed E-state index contributed by atoms with van der Waals surface area (Å²) in [6.07, 6.45) is 2.57. The molecule has 0 saturated heterocycles. The van der Waals surface area contributed by atoms with Crippen molar-refractivity contribution in [3.63, 3.8) is 0 Å². The fourth-order valence-electron chi connectivity index (χ4n) is 2.13. The fourth-order valence-corrected chi connectivity index (χ4v) is 2.13. The predicted molar refractivity (Wildman–Crippen MR) is 78.8 cm³/mol. The SMILES string of the molecule is CC(C)OCCn1ccc2c(OC(C)C)cccc21. The van der Waals surface area contributed by atoms with E-state index in [0.717, 1.165) is 18.9 Å². The summed E-state index contributed by atoms with van der Waals surface area (Å²) in [6.45, 7) is 9.81. The van der Waals surface area contributed by atoms with Gasteiger partial charge in [-0.25, -0.2) is 0 Å². The lowest BCUT2D eigenvalue weighted by Crippen LogP contribution is -2.10. The van der Waals surface area contributed by atoms with Crippen LogP contribution < -0.4 is 4.74 Å². The van der Waals surface area contributed by atoms with Gasteiger partial charge in [0.2, 0.25) is 0 Å². The van der Waals surface area contributed by atoms with E-state index in [9.17, 15) is 0 Å². The molecule has 0 aliphatic heterocycles. The Hall–Kier alpha value is -1.48. The Bertz CT molecular complexity index is 529. The lowest BCUT2D eigenvalue weighted by Gasteiger charge is -2.12. The van der Waals surface area contributed by atoms with Gasteiger partial charge in [0, 0.05) is 18.1 Å². The largest absolute Gasteiger partial charge is 0.490 e. The summed E-state index contributed by atoms with van der Waals surface area (Å²) >= 11 is 0. The van der Waals surface area contributed by atoms with Crippen LogP contribution in [0.25, 0.3) is 10.9 Å². The maximum absolute atomic E-state index is 5.84. The van der Waals surface area contributed by atoms with Gasteiger partial charge in [-0.05, 0) is 45.9 Å². The summed E-state index contributed by atoms with van der Waals surface area (Å²) in [5.74, 6) is 0.955. The highest BCUT2D eigenvalue weighted by Crippen LogP contribution is 2.27.